The second kappa shape index (κ2) is 3.81. The standard InChI is InChI=1S/C12H13NO3/c1-2-16-10-6-8(13)12(15)11-7(10)4-3-5-9(11)14/h3-6,14-15H,2,13H2,1H3. The van der Waals surface area contributed by atoms with E-state index in [1.54, 1.807) is 18.2 Å². The summed E-state index contributed by atoms with van der Waals surface area (Å²) in [5.74, 6) is 0.434. The first kappa shape index (κ1) is 10.4. The van der Waals surface area contributed by atoms with E-state index in [0.717, 1.165) is 0 Å². The van der Waals surface area contributed by atoms with Crippen LogP contribution in [-0.2, 0) is 0 Å². The molecular weight excluding hydrogens is 206 g/mol. The smallest absolute Gasteiger partial charge is 0.150 e. The van der Waals surface area contributed by atoms with Gasteiger partial charge in [-0.25, -0.2) is 0 Å². The van der Waals surface area contributed by atoms with Crippen molar-refractivity contribution in [2.24, 2.45) is 0 Å². The van der Waals surface area contributed by atoms with Gasteiger partial charge in [-0.15, -0.1) is 0 Å². The van der Waals surface area contributed by atoms with E-state index in [-0.39, 0.29) is 17.2 Å². The normalized spacial score (nSPS) is 10.6. The fraction of sp³-hybridized carbons (Fsp3) is 0.167. The third-order valence-corrected chi connectivity index (χ3v) is 2.40. The number of phenols is 2. The highest BCUT2D eigenvalue weighted by Gasteiger charge is 2.13. The molecule has 0 fully saturated rings. The number of hydrogen-bond acceptors (Lipinski definition) is 4. The lowest BCUT2D eigenvalue weighted by molar-refractivity contribution is 0.344. The van der Waals surface area contributed by atoms with Crippen LogP contribution < -0.4 is 10.5 Å². The minimum absolute atomic E-state index is 0.0109. The maximum atomic E-state index is 9.79. The fourth-order valence-electron chi connectivity index (χ4n) is 1.70. The van der Waals surface area contributed by atoms with E-state index in [4.69, 9.17) is 10.5 Å². The van der Waals surface area contributed by atoms with Gasteiger partial charge in [-0.05, 0) is 13.0 Å². The Morgan fingerprint density at radius 1 is 1.31 bits per heavy atom. The minimum Gasteiger partial charge on any atom is -0.507 e. The van der Waals surface area contributed by atoms with E-state index in [1.807, 2.05) is 6.92 Å². The molecule has 0 radical (unpaired) electrons. The molecule has 0 bridgehead atoms. The Hall–Kier alpha value is -2.10. The first-order valence-electron chi connectivity index (χ1n) is 5.01. The Balaban J connectivity index is 2.84. The van der Waals surface area contributed by atoms with Gasteiger partial charge >= 0.3 is 0 Å². The van der Waals surface area contributed by atoms with Gasteiger partial charge in [-0.1, -0.05) is 12.1 Å². The molecular formula is C12H13NO3. The molecule has 0 aliphatic rings. The lowest BCUT2D eigenvalue weighted by atomic mass is 10.1. The van der Waals surface area contributed by atoms with Gasteiger partial charge < -0.3 is 20.7 Å². The van der Waals surface area contributed by atoms with E-state index in [1.165, 1.54) is 6.07 Å². The molecule has 0 saturated carbocycles. The van der Waals surface area contributed by atoms with Crippen LogP contribution in [0, 0.1) is 0 Å². The van der Waals surface area contributed by atoms with Gasteiger partial charge in [0, 0.05) is 11.5 Å². The largest absolute Gasteiger partial charge is 0.507 e. The van der Waals surface area contributed by atoms with Gasteiger partial charge in [-0.3, -0.25) is 0 Å². The third-order valence-electron chi connectivity index (χ3n) is 2.40. The molecule has 0 aliphatic carbocycles. The molecule has 0 saturated heterocycles. The maximum absolute atomic E-state index is 9.79. The number of anilines is 1. The van der Waals surface area contributed by atoms with Gasteiger partial charge in [-0.2, -0.15) is 0 Å². The predicted molar refractivity (Wildman–Crippen MR) is 62.9 cm³/mol. The van der Waals surface area contributed by atoms with Gasteiger partial charge in [0.1, 0.15) is 17.2 Å². The quantitative estimate of drug-likeness (QED) is 0.534. The molecule has 2 aromatic carbocycles. The molecule has 4 N–H and O–H groups in total. The first-order valence-corrected chi connectivity index (χ1v) is 5.01. The van der Waals surface area contributed by atoms with E-state index < -0.39 is 0 Å². The number of rotatable bonds is 2. The first-order chi connectivity index (χ1) is 7.65. The highest BCUT2D eigenvalue weighted by molar-refractivity contribution is 6.01. The zero-order valence-electron chi connectivity index (χ0n) is 8.90. The summed E-state index contributed by atoms with van der Waals surface area (Å²) in [6, 6.07) is 6.51. The average Bonchev–Trinajstić information content (AvgIpc) is 2.25. The molecule has 2 rings (SSSR count). The van der Waals surface area contributed by atoms with Crippen molar-refractivity contribution in [3.05, 3.63) is 24.3 Å². The number of phenolic OH excluding ortho intramolecular Hbond substituents is 2. The van der Waals surface area contributed by atoms with Crippen LogP contribution in [-0.4, -0.2) is 16.8 Å². The van der Waals surface area contributed by atoms with Crippen LogP contribution in [0.25, 0.3) is 10.8 Å². The van der Waals surface area contributed by atoms with Crippen LogP contribution in [0.3, 0.4) is 0 Å². The summed E-state index contributed by atoms with van der Waals surface area (Å²) in [5, 5.41) is 20.5. The summed E-state index contributed by atoms with van der Waals surface area (Å²) in [7, 11) is 0. The van der Waals surface area contributed by atoms with Crippen molar-refractivity contribution in [1.29, 1.82) is 0 Å². The van der Waals surface area contributed by atoms with Gasteiger partial charge in [0.05, 0.1) is 17.7 Å². The van der Waals surface area contributed by atoms with Crippen molar-refractivity contribution >= 4 is 16.5 Å². The molecule has 16 heavy (non-hydrogen) atoms. The summed E-state index contributed by atoms with van der Waals surface area (Å²) in [6.07, 6.45) is 0. The lowest BCUT2D eigenvalue weighted by Crippen LogP contribution is -1.95. The Bertz CT molecular complexity index is 537. The molecule has 0 amide bonds. The third kappa shape index (κ3) is 1.48. The lowest BCUT2D eigenvalue weighted by Gasteiger charge is -2.11. The van der Waals surface area contributed by atoms with Gasteiger partial charge in [0.25, 0.3) is 0 Å². The van der Waals surface area contributed by atoms with E-state index in [0.29, 0.717) is 23.1 Å². The van der Waals surface area contributed by atoms with Crippen LogP contribution in [0.4, 0.5) is 5.69 Å². The molecule has 4 heteroatoms. The highest BCUT2D eigenvalue weighted by atomic mass is 16.5. The summed E-state index contributed by atoms with van der Waals surface area (Å²) < 4.78 is 5.41. The summed E-state index contributed by atoms with van der Waals surface area (Å²) >= 11 is 0. The molecule has 0 aliphatic heterocycles. The topological polar surface area (TPSA) is 75.7 Å². The Morgan fingerprint density at radius 3 is 2.75 bits per heavy atom. The summed E-state index contributed by atoms with van der Waals surface area (Å²) in [6.45, 7) is 2.35. The molecule has 0 aromatic heterocycles. The highest BCUT2D eigenvalue weighted by Crippen LogP contribution is 2.41. The fourth-order valence-corrected chi connectivity index (χ4v) is 1.70. The SMILES string of the molecule is CCOc1cc(N)c(O)c2c(O)cccc12. The molecule has 0 atom stereocenters. The monoisotopic (exact) mass is 219 g/mol. The number of aromatic hydroxyl groups is 2. The molecule has 0 heterocycles. The number of benzene rings is 2. The Morgan fingerprint density at radius 2 is 2.06 bits per heavy atom. The van der Waals surface area contributed by atoms with Crippen LogP contribution in [0.2, 0.25) is 0 Å². The van der Waals surface area contributed by atoms with Crippen molar-refractivity contribution in [3.8, 4) is 17.2 Å². The minimum atomic E-state index is -0.114. The molecule has 2 aromatic rings. The molecule has 4 nitrogen and oxygen atoms in total. The van der Waals surface area contributed by atoms with Crippen LogP contribution >= 0.6 is 0 Å². The van der Waals surface area contributed by atoms with Crippen molar-refractivity contribution in [2.75, 3.05) is 12.3 Å². The van der Waals surface area contributed by atoms with E-state index in [9.17, 15) is 10.2 Å². The van der Waals surface area contributed by atoms with Crippen molar-refractivity contribution in [2.45, 2.75) is 6.92 Å². The maximum Gasteiger partial charge on any atom is 0.150 e. The van der Waals surface area contributed by atoms with Crippen LogP contribution in [0.15, 0.2) is 24.3 Å². The zero-order chi connectivity index (χ0) is 11.7. The number of hydrogen-bond donors (Lipinski definition) is 3. The predicted octanol–water partition coefficient (Wildman–Crippen LogP) is 2.23. The second-order valence-corrected chi connectivity index (χ2v) is 3.45. The molecule has 0 spiro atoms. The summed E-state index contributed by atoms with van der Waals surface area (Å²) in [4.78, 5) is 0. The zero-order valence-corrected chi connectivity index (χ0v) is 8.90. The molecule has 0 unspecified atom stereocenters. The number of ether oxygens (including phenoxy) is 1. The van der Waals surface area contributed by atoms with Crippen molar-refractivity contribution < 1.29 is 14.9 Å². The van der Waals surface area contributed by atoms with E-state index >= 15 is 0 Å². The number of nitrogen functional groups attached to an aromatic ring is 1. The number of fused-ring (bicyclic) bond motifs is 1. The Kier molecular flexibility index (Phi) is 2.48. The Labute approximate surface area is 92.9 Å². The van der Waals surface area contributed by atoms with Crippen molar-refractivity contribution in [3.63, 3.8) is 0 Å². The average molecular weight is 219 g/mol. The number of nitrogens with two attached hydrogens (primary N) is 1. The van der Waals surface area contributed by atoms with Crippen molar-refractivity contribution in [1.82, 2.24) is 0 Å². The summed E-state index contributed by atoms with van der Waals surface area (Å²) in [5.41, 5.74) is 5.84. The van der Waals surface area contributed by atoms with E-state index in [2.05, 4.69) is 0 Å². The van der Waals surface area contributed by atoms with Gasteiger partial charge in [0.15, 0.2) is 0 Å². The molecule has 84 valence electrons. The van der Waals surface area contributed by atoms with Crippen LogP contribution in [0.1, 0.15) is 6.92 Å². The van der Waals surface area contributed by atoms with Gasteiger partial charge in [0.2, 0.25) is 0 Å². The second-order valence-electron chi connectivity index (χ2n) is 3.45. The van der Waals surface area contributed by atoms with Crippen LogP contribution in [0.5, 0.6) is 17.2 Å².